The van der Waals surface area contributed by atoms with E-state index in [9.17, 15) is 9.59 Å². The van der Waals surface area contributed by atoms with Crippen LogP contribution in [-0.4, -0.2) is 54.3 Å². The third-order valence-electron chi connectivity index (χ3n) is 5.27. The van der Waals surface area contributed by atoms with E-state index in [1.165, 1.54) is 11.1 Å². The van der Waals surface area contributed by atoms with E-state index in [1.807, 2.05) is 19.9 Å². The molecule has 2 aromatic rings. The molecule has 0 spiro atoms. The van der Waals surface area contributed by atoms with Crippen molar-refractivity contribution in [1.29, 1.82) is 0 Å². The molecule has 5 nitrogen and oxygen atoms in total. The van der Waals surface area contributed by atoms with Crippen LogP contribution in [0.25, 0.3) is 5.57 Å². The number of carbonyl (C=O) groups is 2. The lowest BCUT2D eigenvalue weighted by Gasteiger charge is -2.26. The summed E-state index contributed by atoms with van der Waals surface area (Å²) < 4.78 is 0. The van der Waals surface area contributed by atoms with Gasteiger partial charge in [0.15, 0.2) is 0 Å². The van der Waals surface area contributed by atoms with Gasteiger partial charge in [0.2, 0.25) is 5.91 Å². The molecule has 0 atom stereocenters. The normalized spacial score (nSPS) is 14.2. The molecule has 0 fully saturated rings. The number of rotatable bonds is 7. The van der Waals surface area contributed by atoms with Gasteiger partial charge in [0.1, 0.15) is 0 Å². The molecule has 0 aliphatic carbocycles. The summed E-state index contributed by atoms with van der Waals surface area (Å²) in [6.07, 6.45) is 3.15. The topological polar surface area (TPSA) is 52.7 Å². The summed E-state index contributed by atoms with van der Waals surface area (Å²) in [6, 6.07) is 17.5. The van der Waals surface area contributed by atoms with Gasteiger partial charge < -0.3 is 10.2 Å². The highest BCUT2D eigenvalue weighted by molar-refractivity contribution is 5.96. The van der Waals surface area contributed by atoms with Crippen molar-refractivity contribution in [2.45, 2.75) is 20.3 Å². The lowest BCUT2D eigenvalue weighted by molar-refractivity contribution is -0.117. The second kappa shape index (κ2) is 10.0. The van der Waals surface area contributed by atoms with Crippen LogP contribution in [-0.2, 0) is 4.79 Å². The average molecular weight is 392 g/mol. The van der Waals surface area contributed by atoms with Gasteiger partial charge >= 0.3 is 0 Å². The van der Waals surface area contributed by atoms with Gasteiger partial charge in [-0.2, -0.15) is 0 Å². The molecule has 152 valence electrons. The Bertz CT molecular complexity index is 855. The van der Waals surface area contributed by atoms with Gasteiger partial charge in [-0.25, -0.2) is 0 Å². The van der Waals surface area contributed by atoms with Crippen molar-refractivity contribution in [2.75, 3.05) is 38.0 Å². The van der Waals surface area contributed by atoms with E-state index >= 15 is 0 Å². The molecule has 2 amide bonds. The Hall–Kier alpha value is -2.92. The van der Waals surface area contributed by atoms with Crippen molar-refractivity contribution >= 4 is 23.1 Å². The number of hydrogen-bond acceptors (Lipinski definition) is 3. The maximum Gasteiger partial charge on any atom is 0.253 e. The molecule has 1 aliphatic heterocycles. The third-order valence-corrected chi connectivity index (χ3v) is 5.27. The van der Waals surface area contributed by atoms with Gasteiger partial charge in [-0.15, -0.1) is 0 Å². The second-order valence-electron chi connectivity index (χ2n) is 7.18. The third kappa shape index (κ3) is 5.55. The van der Waals surface area contributed by atoms with Crippen molar-refractivity contribution in [2.24, 2.45) is 0 Å². The molecule has 5 heteroatoms. The van der Waals surface area contributed by atoms with E-state index in [-0.39, 0.29) is 11.8 Å². The minimum Gasteiger partial charge on any atom is -0.339 e. The Morgan fingerprint density at radius 2 is 1.69 bits per heavy atom. The number of anilines is 1. The molecule has 2 aromatic carbocycles. The number of nitrogens with zero attached hydrogens (tertiary/aromatic N) is 2. The minimum atomic E-state index is -0.0376. The second-order valence-corrected chi connectivity index (χ2v) is 7.18. The highest BCUT2D eigenvalue weighted by Gasteiger charge is 2.16. The zero-order valence-corrected chi connectivity index (χ0v) is 17.2. The van der Waals surface area contributed by atoms with Crippen molar-refractivity contribution in [1.82, 2.24) is 9.80 Å². The monoisotopic (exact) mass is 391 g/mol. The summed E-state index contributed by atoms with van der Waals surface area (Å²) in [6.45, 7) is 7.30. The fraction of sp³-hybridized carbons (Fsp3) is 0.333. The zero-order valence-electron chi connectivity index (χ0n) is 17.2. The Morgan fingerprint density at radius 1 is 1.00 bits per heavy atom. The van der Waals surface area contributed by atoms with Crippen LogP contribution in [0.5, 0.6) is 0 Å². The first-order valence-electron chi connectivity index (χ1n) is 10.3. The molecule has 0 unspecified atom stereocenters. The standard InChI is InChI=1S/C24H29N3O2/c1-3-27(4-2)24(29)21-10-12-22(13-11-21)25-23(28)18-26-16-14-20(15-17-26)19-8-6-5-7-9-19/h5-14H,3-4,15-18H2,1-2H3,(H,25,28). The molecular formula is C24H29N3O2. The summed E-state index contributed by atoms with van der Waals surface area (Å²) >= 11 is 0. The molecule has 1 heterocycles. The van der Waals surface area contributed by atoms with E-state index in [0.717, 1.165) is 19.5 Å². The summed E-state index contributed by atoms with van der Waals surface area (Å²) in [4.78, 5) is 28.7. The quantitative estimate of drug-likeness (QED) is 0.779. The van der Waals surface area contributed by atoms with Crippen LogP contribution in [0.15, 0.2) is 60.7 Å². The van der Waals surface area contributed by atoms with Crippen molar-refractivity contribution in [3.63, 3.8) is 0 Å². The zero-order chi connectivity index (χ0) is 20.6. The molecule has 0 saturated carbocycles. The number of amides is 2. The van der Waals surface area contributed by atoms with Crippen LogP contribution >= 0.6 is 0 Å². The fourth-order valence-electron chi connectivity index (χ4n) is 3.56. The van der Waals surface area contributed by atoms with Crippen LogP contribution in [0.4, 0.5) is 5.69 Å². The lowest BCUT2D eigenvalue weighted by Crippen LogP contribution is -2.36. The SMILES string of the molecule is CCN(CC)C(=O)c1ccc(NC(=O)CN2CC=C(c3ccccc3)CC2)cc1. The molecule has 0 radical (unpaired) electrons. The Balaban J connectivity index is 1.51. The van der Waals surface area contributed by atoms with Crippen molar-refractivity contribution < 1.29 is 9.59 Å². The first-order valence-corrected chi connectivity index (χ1v) is 10.3. The molecular weight excluding hydrogens is 362 g/mol. The van der Waals surface area contributed by atoms with Gasteiger partial charge in [0, 0.05) is 37.4 Å². The van der Waals surface area contributed by atoms with Gasteiger partial charge in [-0.1, -0.05) is 36.4 Å². The Morgan fingerprint density at radius 3 is 2.28 bits per heavy atom. The maximum atomic E-state index is 12.4. The Labute approximate surface area is 173 Å². The number of hydrogen-bond donors (Lipinski definition) is 1. The van der Waals surface area contributed by atoms with E-state index < -0.39 is 0 Å². The summed E-state index contributed by atoms with van der Waals surface area (Å²) in [5.74, 6) is -0.0217. The number of nitrogens with one attached hydrogen (secondary N) is 1. The van der Waals surface area contributed by atoms with Crippen molar-refractivity contribution in [3.8, 4) is 0 Å². The molecule has 1 N–H and O–H groups in total. The smallest absolute Gasteiger partial charge is 0.253 e. The van der Waals surface area contributed by atoms with Crippen LogP contribution in [0.2, 0.25) is 0 Å². The van der Waals surface area contributed by atoms with Crippen LogP contribution in [0, 0.1) is 0 Å². The van der Waals surface area contributed by atoms with Crippen LogP contribution in [0.1, 0.15) is 36.2 Å². The fourth-order valence-corrected chi connectivity index (χ4v) is 3.56. The van der Waals surface area contributed by atoms with E-state index in [2.05, 4.69) is 40.6 Å². The molecule has 0 bridgehead atoms. The van der Waals surface area contributed by atoms with Gasteiger partial charge in [0.25, 0.3) is 5.91 Å². The lowest BCUT2D eigenvalue weighted by atomic mass is 10.00. The highest BCUT2D eigenvalue weighted by atomic mass is 16.2. The first-order chi connectivity index (χ1) is 14.1. The number of benzene rings is 2. The van der Waals surface area contributed by atoms with E-state index in [1.54, 1.807) is 29.2 Å². The largest absolute Gasteiger partial charge is 0.339 e. The van der Waals surface area contributed by atoms with Crippen LogP contribution < -0.4 is 5.32 Å². The number of carbonyl (C=O) groups excluding carboxylic acids is 2. The van der Waals surface area contributed by atoms with Gasteiger partial charge in [0.05, 0.1) is 6.54 Å². The molecule has 0 aromatic heterocycles. The predicted molar refractivity (Wildman–Crippen MR) is 118 cm³/mol. The van der Waals surface area contributed by atoms with Gasteiger partial charge in [-0.3, -0.25) is 14.5 Å². The van der Waals surface area contributed by atoms with Gasteiger partial charge in [-0.05, 0) is 55.7 Å². The minimum absolute atomic E-state index is 0.0159. The van der Waals surface area contributed by atoms with Crippen LogP contribution in [0.3, 0.4) is 0 Å². The Kier molecular flexibility index (Phi) is 7.19. The highest BCUT2D eigenvalue weighted by Crippen LogP contribution is 2.22. The summed E-state index contributed by atoms with van der Waals surface area (Å²) in [5, 5.41) is 2.93. The molecule has 1 aliphatic rings. The predicted octanol–water partition coefficient (Wildman–Crippen LogP) is 3.90. The first kappa shape index (κ1) is 20.8. The average Bonchev–Trinajstić information content (AvgIpc) is 2.76. The summed E-state index contributed by atoms with van der Waals surface area (Å²) in [7, 11) is 0. The molecule has 3 rings (SSSR count). The van der Waals surface area contributed by atoms with E-state index in [4.69, 9.17) is 0 Å². The summed E-state index contributed by atoms with van der Waals surface area (Å²) in [5.41, 5.74) is 3.96. The maximum absolute atomic E-state index is 12.4. The molecule has 0 saturated heterocycles. The molecule has 29 heavy (non-hydrogen) atoms. The van der Waals surface area contributed by atoms with Crippen molar-refractivity contribution in [3.05, 3.63) is 71.8 Å². The van der Waals surface area contributed by atoms with E-state index in [0.29, 0.717) is 30.9 Å².